The summed E-state index contributed by atoms with van der Waals surface area (Å²) < 4.78 is 73.5. The number of hydrogen-bond donors (Lipinski definition) is 1. The van der Waals surface area contributed by atoms with Crippen LogP contribution in [-0.4, -0.2) is 20.1 Å². The molecule has 0 spiro atoms. The van der Waals surface area contributed by atoms with Gasteiger partial charge in [0.1, 0.15) is 0 Å². The van der Waals surface area contributed by atoms with Gasteiger partial charge in [0, 0.05) is 5.69 Å². The van der Waals surface area contributed by atoms with E-state index in [0.29, 0.717) is 12.1 Å². The molecular formula is C14H8ClF4NO3S. The van der Waals surface area contributed by atoms with Crippen LogP contribution in [0, 0.1) is 11.6 Å². The van der Waals surface area contributed by atoms with Crippen molar-refractivity contribution in [2.75, 3.05) is 5.32 Å². The highest BCUT2D eigenvalue weighted by molar-refractivity contribution is 7.91. The molecule has 0 atom stereocenters. The van der Waals surface area contributed by atoms with Gasteiger partial charge in [0.25, 0.3) is 5.91 Å². The SMILES string of the molecule is O=C(Nc1ccc(S(=O)(=O)C(F)F)cc1)c1cc(F)c(F)cc1Cl. The van der Waals surface area contributed by atoms with E-state index in [9.17, 15) is 30.8 Å². The Morgan fingerprint density at radius 1 is 1.04 bits per heavy atom. The highest BCUT2D eigenvalue weighted by atomic mass is 35.5. The van der Waals surface area contributed by atoms with E-state index >= 15 is 0 Å². The number of carbonyl (C=O) groups excluding carboxylic acids is 1. The summed E-state index contributed by atoms with van der Waals surface area (Å²) in [7, 11) is -4.75. The van der Waals surface area contributed by atoms with Crippen LogP contribution in [0.3, 0.4) is 0 Å². The van der Waals surface area contributed by atoms with E-state index in [2.05, 4.69) is 5.32 Å². The second-order valence-corrected chi connectivity index (χ2v) is 6.86. The van der Waals surface area contributed by atoms with Gasteiger partial charge in [0.2, 0.25) is 9.84 Å². The van der Waals surface area contributed by atoms with Crippen molar-refractivity contribution in [3.63, 3.8) is 0 Å². The number of rotatable bonds is 4. The van der Waals surface area contributed by atoms with Crippen LogP contribution in [0.4, 0.5) is 23.2 Å². The van der Waals surface area contributed by atoms with Gasteiger partial charge in [0.15, 0.2) is 11.6 Å². The normalized spacial score (nSPS) is 11.6. The topological polar surface area (TPSA) is 63.2 Å². The van der Waals surface area contributed by atoms with Crippen molar-refractivity contribution in [3.8, 4) is 0 Å². The number of anilines is 1. The number of alkyl halides is 2. The fraction of sp³-hybridized carbons (Fsp3) is 0.0714. The van der Waals surface area contributed by atoms with E-state index in [1.54, 1.807) is 0 Å². The van der Waals surface area contributed by atoms with E-state index in [1.165, 1.54) is 0 Å². The molecule has 0 aromatic heterocycles. The third-order valence-electron chi connectivity index (χ3n) is 2.93. The number of amides is 1. The van der Waals surface area contributed by atoms with Gasteiger partial charge in [-0.3, -0.25) is 4.79 Å². The van der Waals surface area contributed by atoms with Crippen LogP contribution in [0.5, 0.6) is 0 Å². The molecule has 2 aromatic rings. The van der Waals surface area contributed by atoms with Crippen LogP contribution >= 0.6 is 11.6 Å². The molecule has 0 bridgehead atoms. The van der Waals surface area contributed by atoms with Crippen LogP contribution in [0.2, 0.25) is 5.02 Å². The van der Waals surface area contributed by atoms with Crippen LogP contribution in [0.25, 0.3) is 0 Å². The minimum atomic E-state index is -4.75. The van der Waals surface area contributed by atoms with Gasteiger partial charge in [-0.15, -0.1) is 0 Å². The maximum absolute atomic E-state index is 13.2. The number of carbonyl (C=O) groups is 1. The van der Waals surface area contributed by atoms with Gasteiger partial charge in [0.05, 0.1) is 15.5 Å². The molecule has 24 heavy (non-hydrogen) atoms. The third-order valence-corrected chi connectivity index (χ3v) is 4.64. The second-order valence-electron chi connectivity index (χ2n) is 4.53. The predicted octanol–water partition coefficient (Wildman–Crippen LogP) is 3.87. The Balaban J connectivity index is 2.23. The molecule has 0 aliphatic carbocycles. The molecule has 10 heteroatoms. The average Bonchev–Trinajstić information content (AvgIpc) is 2.51. The molecule has 2 aromatic carbocycles. The molecule has 128 valence electrons. The van der Waals surface area contributed by atoms with Crippen LogP contribution < -0.4 is 5.32 Å². The number of benzene rings is 2. The van der Waals surface area contributed by atoms with E-state index < -0.39 is 38.0 Å². The first-order valence-electron chi connectivity index (χ1n) is 6.21. The fourth-order valence-corrected chi connectivity index (χ4v) is 2.68. The molecule has 0 aliphatic rings. The van der Waals surface area contributed by atoms with Crippen molar-refractivity contribution in [2.24, 2.45) is 0 Å². The largest absolute Gasteiger partial charge is 0.341 e. The molecule has 0 heterocycles. The van der Waals surface area contributed by atoms with Crippen molar-refractivity contribution in [2.45, 2.75) is 10.7 Å². The van der Waals surface area contributed by atoms with Crippen molar-refractivity contribution < 1.29 is 30.8 Å². The molecule has 1 amide bonds. The molecule has 0 fully saturated rings. The molecule has 0 radical (unpaired) electrons. The molecule has 1 N–H and O–H groups in total. The summed E-state index contributed by atoms with van der Waals surface area (Å²) in [6.45, 7) is 0. The summed E-state index contributed by atoms with van der Waals surface area (Å²) in [5.41, 5.74) is -0.297. The number of sulfone groups is 1. The van der Waals surface area contributed by atoms with Gasteiger partial charge < -0.3 is 5.32 Å². The Bertz CT molecular complexity index is 886. The highest BCUT2D eigenvalue weighted by Crippen LogP contribution is 2.23. The lowest BCUT2D eigenvalue weighted by atomic mass is 10.2. The maximum atomic E-state index is 13.2. The predicted molar refractivity (Wildman–Crippen MR) is 79.0 cm³/mol. The van der Waals surface area contributed by atoms with Crippen LogP contribution in [0.1, 0.15) is 10.4 Å². The summed E-state index contributed by atoms with van der Waals surface area (Å²) in [5, 5.41) is 1.93. The van der Waals surface area contributed by atoms with Crippen molar-refractivity contribution >= 4 is 33.0 Å². The van der Waals surface area contributed by atoms with E-state index in [4.69, 9.17) is 11.6 Å². The third kappa shape index (κ3) is 3.68. The van der Waals surface area contributed by atoms with Gasteiger partial charge in [-0.25, -0.2) is 17.2 Å². The monoisotopic (exact) mass is 381 g/mol. The first-order valence-corrected chi connectivity index (χ1v) is 8.13. The highest BCUT2D eigenvalue weighted by Gasteiger charge is 2.26. The summed E-state index contributed by atoms with van der Waals surface area (Å²) in [4.78, 5) is 11.3. The van der Waals surface area contributed by atoms with Gasteiger partial charge >= 0.3 is 5.76 Å². The molecule has 0 aliphatic heterocycles. The van der Waals surface area contributed by atoms with E-state index in [0.717, 1.165) is 24.3 Å². The zero-order chi connectivity index (χ0) is 18.1. The summed E-state index contributed by atoms with van der Waals surface area (Å²) in [5.74, 6) is -6.96. The minimum Gasteiger partial charge on any atom is -0.322 e. The Hall–Kier alpha value is -2.13. The van der Waals surface area contributed by atoms with Crippen LogP contribution in [0.15, 0.2) is 41.3 Å². The lowest BCUT2D eigenvalue weighted by Crippen LogP contribution is -2.14. The minimum absolute atomic E-state index is 0.0500. The smallest absolute Gasteiger partial charge is 0.322 e. The molecule has 0 saturated carbocycles. The molecule has 4 nitrogen and oxygen atoms in total. The molecular weight excluding hydrogens is 374 g/mol. The Morgan fingerprint density at radius 3 is 2.12 bits per heavy atom. The molecule has 2 rings (SSSR count). The van der Waals surface area contributed by atoms with E-state index in [1.807, 2.05) is 0 Å². The first-order chi connectivity index (χ1) is 11.1. The number of hydrogen-bond acceptors (Lipinski definition) is 3. The standard InChI is InChI=1S/C14H8ClF4NO3S/c15-10-6-12(17)11(16)5-9(10)13(21)20-7-1-3-8(4-2-7)24(22,23)14(18)19/h1-6,14H,(H,20,21). The summed E-state index contributed by atoms with van der Waals surface area (Å²) in [6.07, 6.45) is 0. The lowest BCUT2D eigenvalue weighted by Gasteiger charge is -2.08. The van der Waals surface area contributed by atoms with Gasteiger partial charge in [-0.2, -0.15) is 8.78 Å². The maximum Gasteiger partial charge on any atom is 0.341 e. The van der Waals surface area contributed by atoms with E-state index in [-0.39, 0.29) is 16.3 Å². The quantitative estimate of drug-likeness (QED) is 0.646. The fourth-order valence-electron chi connectivity index (χ4n) is 1.73. The lowest BCUT2D eigenvalue weighted by molar-refractivity contribution is 0.102. The number of halogens is 5. The van der Waals surface area contributed by atoms with Gasteiger partial charge in [-0.1, -0.05) is 11.6 Å². The van der Waals surface area contributed by atoms with Crippen molar-refractivity contribution in [1.29, 1.82) is 0 Å². The first kappa shape index (κ1) is 18.2. The molecule has 0 unspecified atom stereocenters. The summed E-state index contributed by atoms with van der Waals surface area (Å²) >= 11 is 5.65. The zero-order valence-electron chi connectivity index (χ0n) is 11.6. The average molecular weight is 382 g/mol. The van der Waals surface area contributed by atoms with Gasteiger partial charge in [-0.05, 0) is 36.4 Å². The van der Waals surface area contributed by atoms with Crippen LogP contribution in [-0.2, 0) is 9.84 Å². The van der Waals surface area contributed by atoms with Crippen molar-refractivity contribution in [3.05, 3.63) is 58.6 Å². The number of nitrogens with one attached hydrogen (secondary N) is 1. The molecule has 0 saturated heterocycles. The Morgan fingerprint density at radius 2 is 1.58 bits per heavy atom. The zero-order valence-corrected chi connectivity index (χ0v) is 13.1. The summed E-state index contributed by atoms with van der Waals surface area (Å²) in [6, 6.07) is 5.13. The van der Waals surface area contributed by atoms with Crippen molar-refractivity contribution in [1.82, 2.24) is 0 Å². The Labute approximate surface area is 139 Å². The second kappa shape index (κ2) is 6.78. The Kier molecular flexibility index (Phi) is 5.14.